The zero-order chi connectivity index (χ0) is 14.0. The van der Waals surface area contributed by atoms with E-state index in [1.54, 1.807) is 17.1 Å². The molecule has 0 atom stereocenters. The molecule has 6 heteroatoms. The van der Waals surface area contributed by atoms with Crippen molar-refractivity contribution in [3.63, 3.8) is 0 Å². The summed E-state index contributed by atoms with van der Waals surface area (Å²) in [4.78, 5) is 8.68. The molecule has 0 aromatic carbocycles. The van der Waals surface area contributed by atoms with E-state index in [0.717, 1.165) is 11.4 Å². The largest absolute Gasteiger partial charge is 0.367 e. The van der Waals surface area contributed by atoms with E-state index >= 15 is 0 Å². The highest BCUT2D eigenvalue weighted by atomic mass is 15.3. The molecule has 0 spiro atoms. The van der Waals surface area contributed by atoms with Gasteiger partial charge in [-0.3, -0.25) is 4.98 Å². The van der Waals surface area contributed by atoms with Gasteiger partial charge in [-0.05, 0) is 33.8 Å². The smallest absolute Gasteiger partial charge is 0.174 e. The molecule has 19 heavy (non-hydrogen) atoms. The van der Waals surface area contributed by atoms with Crippen LogP contribution in [-0.4, -0.2) is 31.8 Å². The fraction of sp³-hybridized carbons (Fsp3) is 0.462. The van der Waals surface area contributed by atoms with E-state index in [4.69, 9.17) is 5.73 Å². The molecule has 0 radical (unpaired) electrons. The Balaban J connectivity index is 2.22. The minimum absolute atomic E-state index is 0.296. The van der Waals surface area contributed by atoms with E-state index in [1.165, 1.54) is 0 Å². The van der Waals surface area contributed by atoms with Gasteiger partial charge in [-0.2, -0.15) is 5.10 Å². The molecule has 0 fully saturated rings. The van der Waals surface area contributed by atoms with Crippen molar-refractivity contribution in [2.75, 3.05) is 11.9 Å². The van der Waals surface area contributed by atoms with Crippen LogP contribution in [0.5, 0.6) is 0 Å². The van der Waals surface area contributed by atoms with Crippen LogP contribution in [0.2, 0.25) is 0 Å². The number of nitrogens with two attached hydrogens (primary N) is 1. The van der Waals surface area contributed by atoms with Gasteiger partial charge in [0.1, 0.15) is 5.82 Å². The van der Waals surface area contributed by atoms with Crippen LogP contribution in [-0.2, 0) is 0 Å². The molecule has 0 amide bonds. The normalized spacial score (nSPS) is 11.6. The Bertz CT molecular complexity index is 567. The lowest BCUT2D eigenvalue weighted by atomic mass is 10.1. The Hall–Kier alpha value is -1.95. The molecule has 2 rings (SSSR count). The highest BCUT2D eigenvalue weighted by Crippen LogP contribution is 2.11. The number of aryl methyl sites for hydroxylation is 2. The van der Waals surface area contributed by atoms with Crippen LogP contribution in [0.1, 0.15) is 25.2 Å². The van der Waals surface area contributed by atoms with Gasteiger partial charge in [0.15, 0.2) is 5.82 Å². The van der Waals surface area contributed by atoms with E-state index in [9.17, 15) is 0 Å². The monoisotopic (exact) mass is 260 g/mol. The summed E-state index contributed by atoms with van der Waals surface area (Å²) in [6.07, 6.45) is 3.37. The molecule has 0 bridgehead atoms. The second-order valence-corrected chi connectivity index (χ2v) is 5.44. The van der Waals surface area contributed by atoms with E-state index in [2.05, 4.69) is 20.4 Å². The number of aromatic nitrogens is 4. The molecule has 102 valence electrons. The fourth-order valence-electron chi connectivity index (χ4n) is 1.72. The predicted octanol–water partition coefficient (Wildman–Crippen LogP) is 1.43. The van der Waals surface area contributed by atoms with Crippen molar-refractivity contribution < 1.29 is 0 Å². The van der Waals surface area contributed by atoms with Gasteiger partial charge in [0.2, 0.25) is 0 Å². The highest BCUT2D eigenvalue weighted by molar-refractivity contribution is 5.37. The number of nitrogens with one attached hydrogen (secondary N) is 1. The van der Waals surface area contributed by atoms with Gasteiger partial charge in [-0.15, -0.1) is 0 Å². The van der Waals surface area contributed by atoms with Gasteiger partial charge in [-0.25, -0.2) is 9.67 Å². The van der Waals surface area contributed by atoms with E-state index in [0.29, 0.717) is 18.2 Å². The molecule has 6 nitrogen and oxygen atoms in total. The van der Waals surface area contributed by atoms with Crippen LogP contribution >= 0.6 is 0 Å². The topological polar surface area (TPSA) is 81.7 Å². The maximum Gasteiger partial charge on any atom is 0.174 e. The van der Waals surface area contributed by atoms with Crippen molar-refractivity contribution in [2.45, 2.75) is 33.2 Å². The zero-order valence-corrected chi connectivity index (χ0v) is 11.8. The predicted molar refractivity (Wildman–Crippen MR) is 75.4 cm³/mol. The summed E-state index contributed by atoms with van der Waals surface area (Å²) in [5.74, 6) is 1.40. The third-order valence-electron chi connectivity index (χ3n) is 2.57. The van der Waals surface area contributed by atoms with Crippen molar-refractivity contribution in [2.24, 2.45) is 5.73 Å². The fourth-order valence-corrected chi connectivity index (χ4v) is 1.72. The first-order valence-electron chi connectivity index (χ1n) is 6.23. The van der Waals surface area contributed by atoms with Crippen LogP contribution in [0.25, 0.3) is 5.82 Å². The average molecular weight is 260 g/mol. The molecule has 0 saturated heterocycles. The third kappa shape index (κ3) is 3.51. The first-order valence-corrected chi connectivity index (χ1v) is 6.23. The van der Waals surface area contributed by atoms with Crippen molar-refractivity contribution >= 4 is 5.82 Å². The van der Waals surface area contributed by atoms with Gasteiger partial charge >= 0.3 is 0 Å². The van der Waals surface area contributed by atoms with Crippen molar-refractivity contribution in [1.82, 2.24) is 19.7 Å². The van der Waals surface area contributed by atoms with Crippen LogP contribution in [0.4, 0.5) is 5.82 Å². The summed E-state index contributed by atoms with van der Waals surface area (Å²) in [7, 11) is 0. The summed E-state index contributed by atoms with van der Waals surface area (Å²) < 4.78 is 1.78. The lowest BCUT2D eigenvalue weighted by molar-refractivity contribution is 0.548. The van der Waals surface area contributed by atoms with Crippen LogP contribution in [0.3, 0.4) is 0 Å². The maximum absolute atomic E-state index is 5.93. The third-order valence-corrected chi connectivity index (χ3v) is 2.57. The number of nitrogens with zero attached hydrogens (tertiary/aromatic N) is 4. The van der Waals surface area contributed by atoms with Crippen LogP contribution in [0, 0.1) is 13.8 Å². The van der Waals surface area contributed by atoms with Gasteiger partial charge in [0, 0.05) is 17.8 Å². The van der Waals surface area contributed by atoms with E-state index in [1.807, 2.05) is 33.8 Å². The minimum Gasteiger partial charge on any atom is -0.367 e. The molecule has 0 aliphatic rings. The van der Waals surface area contributed by atoms with Crippen LogP contribution < -0.4 is 11.1 Å². The molecule has 0 saturated carbocycles. The number of hydrogen-bond donors (Lipinski definition) is 2. The molecule has 2 aromatic heterocycles. The number of hydrogen-bond acceptors (Lipinski definition) is 5. The molecule has 2 heterocycles. The second kappa shape index (κ2) is 4.97. The van der Waals surface area contributed by atoms with Gasteiger partial charge in [0.25, 0.3) is 0 Å². The number of rotatable bonds is 4. The molecular weight excluding hydrogens is 240 g/mol. The summed E-state index contributed by atoms with van der Waals surface area (Å²) in [5, 5.41) is 7.57. The molecular formula is C13H20N6. The summed E-state index contributed by atoms with van der Waals surface area (Å²) in [6.45, 7) is 8.49. The highest BCUT2D eigenvalue weighted by Gasteiger charge is 2.11. The Labute approximate surface area is 113 Å². The molecule has 3 N–H and O–H groups in total. The molecule has 0 aliphatic heterocycles. The zero-order valence-electron chi connectivity index (χ0n) is 11.8. The van der Waals surface area contributed by atoms with Crippen molar-refractivity contribution in [3.05, 3.63) is 29.8 Å². The Morgan fingerprint density at radius 3 is 2.63 bits per heavy atom. The van der Waals surface area contributed by atoms with E-state index < -0.39 is 0 Å². The first kappa shape index (κ1) is 13.5. The van der Waals surface area contributed by atoms with Gasteiger partial charge < -0.3 is 11.1 Å². The Morgan fingerprint density at radius 1 is 1.32 bits per heavy atom. The van der Waals surface area contributed by atoms with Crippen LogP contribution in [0.15, 0.2) is 18.5 Å². The number of anilines is 1. The molecule has 0 aliphatic carbocycles. The second-order valence-electron chi connectivity index (χ2n) is 5.44. The average Bonchev–Trinajstić information content (AvgIpc) is 2.65. The Kier molecular flexibility index (Phi) is 3.53. The standard InChI is InChI=1S/C13H20N6/c1-9-5-10(2)19(18-9)12-7-15-6-11(17-12)16-8-13(3,4)14/h5-7H,8,14H2,1-4H3,(H,16,17). The summed E-state index contributed by atoms with van der Waals surface area (Å²) in [5.41, 5.74) is 7.63. The molecule has 2 aromatic rings. The lowest BCUT2D eigenvalue weighted by Crippen LogP contribution is -2.39. The lowest BCUT2D eigenvalue weighted by Gasteiger charge is -2.19. The summed E-state index contributed by atoms with van der Waals surface area (Å²) >= 11 is 0. The first-order chi connectivity index (χ1) is 8.85. The van der Waals surface area contributed by atoms with Crippen molar-refractivity contribution in [3.8, 4) is 5.82 Å². The van der Waals surface area contributed by atoms with E-state index in [-0.39, 0.29) is 5.54 Å². The quantitative estimate of drug-likeness (QED) is 0.869. The summed E-state index contributed by atoms with van der Waals surface area (Å²) in [6, 6.07) is 2.00. The SMILES string of the molecule is Cc1cc(C)n(-c2cncc(NCC(C)(C)N)n2)n1. The van der Waals surface area contributed by atoms with Gasteiger partial charge in [-0.1, -0.05) is 0 Å². The van der Waals surface area contributed by atoms with Crippen molar-refractivity contribution in [1.29, 1.82) is 0 Å². The molecule has 0 unspecified atom stereocenters. The Morgan fingerprint density at radius 2 is 2.05 bits per heavy atom. The minimum atomic E-state index is -0.296. The van der Waals surface area contributed by atoms with Gasteiger partial charge in [0.05, 0.1) is 18.1 Å². The maximum atomic E-state index is 5.93.